The first kappa shape index (κ1) is 20.3. The number of ether oxygens (including phenoxy) is 2. The van der Waals surface area contributed by atoms with Gasteiger partial charge in [-0.2, -0.15) is 5.10 Å². The van der Waals surface area contributed by atoms with E-state index in [0.29, 0.717) is 17.3 Å². The summed E-state index contributed by atoms with van der Waals surface area (Å²) in [6.45, 7) is 5.94. The van der Waals surface area contributed by atoms with Gasteiger partial charge in [0.2, 0.25) is 5.91 Å². The topological polar surface area (TPSA) is 65.4 Å². The molecule has 2 aromatic carbocycles. The van der Waals surface area contributed by atoms with Gasteiger partial charge in [-0.3, -0.25) is 4.79 Å². The van der Waals surface area contributed by atoms with E-state index >= 15 is 0 Å². The first-order valence-corrected chi connectivity index (χ1v) is 10.7. The molecule has 1 N–H and O–H groups in total. The fraction of sp³-hybridized carbons (Fsp3) is 0.304. The molecular formula is C23H25N3O3S. The molecule has 4 rings (SSSR count). The molecule has 1 aliphatic rings. The van der Waals surface area contributed by atoms with Crippen LogP contribution in [0.1, 0.15) is 34.6 Å². The average Bonchev–Trinajstić information content (AvgIpc) is 2.99. The predicted molar refractivity (Wildman–Crippen MR) is 120 cm³/mol. The lowest BCUT2D eigenvalue weighted by atomic mass is 10.0. The largest absolute Gasteiger partial charge is 0.493 e. The molecule has 0 unspecified atom stereocenters. The van der Waals surface area contributed by atoms with Gasteiger partial charge in [0.1, 0.15) is 5.82 Å². The number of rotatable bonds is 4. The summed E-state index contributed by atoms with van der Waals surface area (Å²) in [5, 5.41) is 7.52. The maximum Gasteiger partial charge on any atom is 0.238 e. The van der Waals surface area contributed by atoms with Crippen molar-refractivity contribution in [2.24, 2.45) is 0 Å². The van der Waals surface area contributed by atoms with Crippen LogP contribution in [0.4, 0.5) is 5.82 Å². The molecule has 1 amide bonds. The van der Waals surface area contributed by atoms with Crippen molar-refractivity contribution in [3.8, 4) is 17.2 Å². The zero-order valence-corrected chi connectivity index (χ0v) is 18.5. The van der Waals surface area contributed by atoms with E-state index < -0.39 is 0 Å². The van der Waals surface area contributed by atoms with Crippen LogP contribution in [0.5, 0.6) is 11.5 Å². The van der Waals surface area contributed by atoms with Gasteiger partial charge in [-0.25, -0.2) is 4.68 Å². The van der Waals surface area contributed by atoms with Gasteiger partial charge in [-0.15, -0.1) is 11.8 Å². The van der Waals surface area contributed by atoms with Crippen molar-refractivity contribution in [1.82, 2.24) is 9.78 Å². The molecule has 30 heavy (non-hydrogen) atoms. The summed E-state index contributed by atoms with van der Waals surface area (Å²) < 4.78 is 13.1. The Labute approximate surface area is 180 Å². The number of para-hydroxylation sites is 1. The molecule has 2 heterocycles. The minimum Gasteiger partial charge on any atom is -0.493 e. The lowest BCUT2D eigenvalue weighted by molar-refractivity contribution is -0.115. The Hall–Kier alpha value is -2.93. The Balaban J connectivity index is 1.95. The van der Waals surface area contributed by atoms with Gasteiger partial charge in [-0.1, -0.05) is 24.3 Å². The third-order valence-electron chi connectivity index (χ3n) is 5.28. The SMILES string of the molecule is COc1cccc([C@@H]2S[C@H](C)C(=O)Nc3c2c(C)nn3-c2cccc(C)c2)c1OC. The van der Waals surface area contributed by atoms with Crippen molar-refractivity contribution in [2.45, 2.75) is 31.3 Å². The number of fused-ring (bicyclic) bond motifs is 1. The fourth-order valence-electron chi connectivity index (χ4n) is 3.82. The van der Waals surface area contributed by atoms with Gasteiger partial charge in [-0.05, 0) is 44.5 Å². The number of methoxy groups -OCH3 is 2. The number of nitrogens with one attached hydrogen (secondary N) is 1. The van der Waals surface area contributed by atoms with E-state index in [1.54, 1.807) is 26.0 Å². The lowest BCUT2D eigenvalue weighted by Gasteiger charge is -2.21. The standard InChI is InChI=1S/C23H25N3O3S/c1-13-8-6-9-16(12-13)26-22-19(14(2)25-26)21(30-15(3)23(27)24-22)17-10-7-11-18(28-4)20(17)29-5/h6-12,15,21H,1-5H3,(H,24,27)/t15-,21+/m1/s1. The number of anilines is 1. The number of benzene rings is 2. The van der Waals surface area contributed by atoms with Crippen LogP contribution in [0.3, 0.4) is 0 Å². The lowest BCUT2D eigenvalue weighted by Crippen LogP contribution is -2.22. The number of nitrogens with zero attached hydrogens (tertiary/aromatic N) is 2. The van der Waals surface area contributed by atoms with Gasteiger partial charge >= 0.3 is 0 Å². The van der Waals surface area contributed by atoms with E-state index in [-0.39, 0.29) is 16.4 Å². The first-order valence-electron chi connectivity index (χ1n) is 9.78. The van der Waals surface area contributed by atoms with Crippen LogP contribution in [-0.2, 0) is 4.79 Å². The number of thioether (sulfide) groups is 1. The van der Waals surface area contributed by atoms with Crippen LogP contribution in [-0.4, -0.2) is 35.2 Å². The van der Waals surface area contributed by atoms with E-state index in [9.17, 15) is 4.79 Å². The predicted octanol–water partition coefficient (Wildman–Crippen LogP) is 4.67. The molecule has 156 valence electrons. The van der Waals surface area contributed by atoms with Crippen molar-refractivity contribution in [3.05, 3.63) is 64.8 Å². The quantitative estimate of drug-likeness (QED) is 0.661. The molecule has 0 spiro atoms. The minimum absolute atomic E-state index is 0.0422. The number of aryl methyl sites for hydroxylation is 2. The first-order chi connectivity index (χ1) is 14.4. The zero-order valence-electron chi connectivity index (χ0n) is 17.7. The molecular weight excluding hydrogens is 398 g/mol. The molecule has 2 atom stereocenters. The summed E-state index contributed by atoms with van der Waals surface area (Å²) in [5.41, 5.74) is 4.84. The fourth-order valence-corrected chi connectivity index (χ4v) is 5.16. The molecule has 1 aromatic heterocycles. The van der Waals surface area contributed by atoms with Crippen molar-refractivity contribution < 1.29 is 14.3 Å². The summed E-state index contributed by atoms with van der Waals surface area (Å²) in [6, 6.07) is 13.9. The zero-order chi connectivity index (χ0) is 21.4. The third-order valence-corrected chi connectivity index (χ3v) is 6.67. The van der Waals surface area contributed by atoms with Gasteiger partial charge in [0.25, 0.3) is 0 Å². The molecule has 0 fully saturated rings. The summed E-state index contributed by atoms with van der Waals surface area (Å²) in [6.07, 6.45) is 0. The summed E-state index contributed by atoms with van der Waals surface area (Å²) in [4.78, 5) is 12.9. The second kappa shape index (κ2) is 8.07. The maximum atomic E-state index is 12.9. The van der Waals surface area contributed by atoms with Crippen LogP contribution >= 0.6 is 11.8 Å². The molecule has 3 aromatic rings. The Bertz CT molecular complexity index is 1110. The molecule has 6 nitrogen and oxygen atoms in total. The van der Waals surface area contributed by atoms with Crippen molar-refractivity contribution in [3.63, 3.8) is 0 Å². The Morgan fingerprint density at radius 3 is 2.57 bits per heavy atom. The molecule has 0 saturated carbocycles. The number of hydrogen-bond acceptors (Lipinski definition) is 5. The monoisotopic (exact) mass is 423 g/mol. The Kier molecular flexibility index (Phi) is 5.47. The second-order valence-corrected chi connectivity index (χ2v) is 8.78. The van der Waals surface area contributed by atoms with E-state index in [2.05, 4.69) is 11.4 Å². The van der Waals surface area contributed by atoms with Gasteiger partial charge in [0.05, 0.1) is 36.1 Å². The maximum absolute atomic E-state index is 12.9. The van der Waals surface area contributed by atoms with Crippen LogP contribution in [0, 0.1) is 13.8 Å². The van der Waals surface area contributed by atoms with Crippen molar-refractivity contribution in [1.29, 1.82) is 0 Å². The van der Waals surface area contributed by atoms with Crippen molar-refractivity contribution >= 4 is 23.5 Å². The highest BCUT2D eigenvalue weighted by atomic mass is 32.2. The van der Waals surface area contributed by atoms with Crippen LogP contribution in [0.2, 0.25) is 0 Å². The van der Waals surface area contributed by atoms with Crippen molar-refractivity contribution in [2.75, 3.05) is 19.5 Å². The highest BCUT2D eigenvalue weighted by Crippen LogP contribution is 2.50. The highest BCUT2D eigenvalue weighted by molar-refractivity contribution is 8.01. The minimum atomic E-state index is -0.247. The van der Waals surface area contributed by atoms with Gasteiger partial charge in [0.15, 0.2) is 11.5 Å². The molecule has 1 aliphatic heterocycles. The third kappa shape index (κ3) is 3.43. The molecule has 0 saturated heterocycles. The van der Waals surface area contributed by atoms with Gasteiger partial charge in [0, 0.05) is 11.1 Å². The van der Waals surface area contributed by atoms with E-state index in [1.807, 2.05) is 61.9 Å². The number of carbonyl (C=O) groups excluding carboxylic acids is 1. The van der Waals surface area contributed by atoms with Crippen LogP contribution in [0.15, 0.2) is 42.5 Å². The second-order valence-electron chi connectivity index (χ2n) is 7.33. The average molecular weight is 424 g/mol. The van der Waals surface area contributed by atoms with E-state index in [4.69, 9.17) is 14.6 Å². The number of aromatic nitrogens is 2. The number of carbonyl (C=O) groups is 1. The molecule has 0 bridgehead atoms. The Morgan fingerprint density at radius 2 is 1.87 bits per heavy atom. The summed E-state index contributed by atoms with van der Waals surface area (Å²) in [5.74, 6) is 2.00. The highest BCUT2D eigenvalue weighted by Gasteiger charge is 2.35. The van der Waals surface area contributed by atoms with Crippen LogP contribution in [0.25, 0.3) is 5.69 Å². The Morgan fingerprint density at radius 1 is 1.10 bits per heavy atom. The number of hydrogen-bond donors (Lipinski definition) is 1. The summed E-state index contributed by atoms with van der Waals surface area (Å²) >= 11 is 1.58. The van der Waals surface area contributed by atoms with E-state index in [1.165, 1.54) is 0 Å². The normalized spacial score (nSPS) is 18.4. The summed E-state index contributed by atoms with van der Waals surface area (Å²) in [7, 11) is 3.27. The van der Waals surface area contributed by atoms with Gasteiger partial charge < -0.3 is 14.8 Å². The van der Waals surface area contributed by atoms with Crippen LogP contribution < -0.4 is 14.8 Å². The number of amides is 1. The molecule has 7 heteroatoms. The molecule has 0 radical (unpaired) electrons. The molecule has 0 aliphatic carbocycles. The smallest absolute Gasteiger partial charge is 0.238 e. The van der Waals surface area contributed by atoms with E-state index in [0.717, 1.165) is 28.1 Å².